The summed E-state index contributed by atoms with van der Waals surface area (Å²) < 4.78 is 13.0. The van der Waals surface area contributed by atoms with Gasteiger partial charge in [-0.3, -0.25) is 4.79 Å². The van der Waals surface area contributed by atoms with E-state index in [1.54, 1.807) is 12.1 Å². The summed E-state index contributed by atoms with van der Waals surface area (Å²) in [5.41, 5.74) is 7.96. The molecule has 0 radical (unpaired) electrons. The smallest absolute Gasteiger partial charge is 0.253 e. The standard InChI is InChI=1S/C20H23FN2O2.ClH/c21-18-7-5-15(6-8-18)19(24)16-9-11-23(12-10-16)20(25)17-3-1-14(13-22)2-4-17;/h1-8,16,19,24H,9-13,22H2;1H. The number of rotatable bonds is 4. The van der Waals surface area contributed by atoms with Gasteiger partial charge in [-0.25, -0.2) is 4.39 Å². The van der Waals surface area contributed by atoms with Crippen LogP contribution in [0.5, 0.6) is 0 Å². The first-order chi connectivity index (χ1) is 12.1. The molecule has 1 fully saturated rings. The zero-order valence-electron chi connectivity index (χ0n) is 14.5. The fourth-order valence-electron chi connectivity index (χ4n) is 3.32. The largest absolute Gasteiger partial charge is 0.388 e. The molecule has 0 bridgehead atoms. The minimum Gasteiger partial charge on any atom is -0.388 e. The fourth-order valence-corrected chi connectivity index (χ4v) is 3.32. The number of carbonyl (C=O) groups is 1. The first-order valence-electron chi connectivity index (χ1n) is 8.60. The molecule has 2 aromatic carbocycles. The van der Waals surface area contributed by atoms with Gasteiger partial charge in [0.15, 0.2) is 0 Å². The van der Waals surface area contributed by atoms with Crippen LogP contribution in [0.2, 0.25) is 0 Å². The number of aliphatic hydroxyl groups excluding tert-OH is 1. The van der Waals surface area contributed by atoms with Gasteiger partial charge in [-0.05, 0) is 54.2 Å². The normalized spacial score (nSPS) is 16.0. The Bertz CT molecular complexity index is 714. The number of carbonyl (C=O) groups excluding carboxylic acids is 1. The second-order valence-corrected chi connectivity index (χ2v) is 6.53. The van der Waals surface area contributed by atoms with E-state index in [-0.39, 0.29) is 30.0 Å². The summed E-state index contributed by atoms with van der Waals surface area (Å²) in [6.07, 6.45) is 0.831. The van der Waals surface area contributed by atoms with Crippen molar-refractivity contribution in [3.05, 3.63) is 71.0 Å². The Labute approximate surface area is 159 Å². The number of benzene rings is 2. The van der Waals surface area contributed by atoms with Gasteiger partial charge in [0.2, 0.25) is 0 Å². The molecule has 3 rings (SSSR count). The molecule has 0 spiro atoms. The third-order valence-electron chi connectivity index (χ3n) is 4.92. The third-order valence-corrected chi connectivity index (χ3v) is 4.92. The highest BCUT2D eigenvalue weighted by Gasteiger charge is 2.28. The van der Waals surface area contributed by atoms with Gasteiger partial charge in [0.05, 0.1) is 6.10 Å². The second kappa shape index (κ2) is 9.12. The minimum atomic E-state index is -0.623. The van der Waals surface area contributed by atoms with Crippen LogP contribution >= 0.6 is 12.4 Å². The number of nitrogens with two attached hydrogens (primary N) is 1. The van der Waals surface area contributed by atoms with Gasteiger partial charge >= 0.3 is 0 Å². The Morgan fingerprint density at radius 3 is 2.23 bits per heavy atom. The number of aliphatic hydroxyl groups is 1. The van der Waals surface area contributed by atoms with Gasteiger partial charge in [0.25, 0.3) is 5.91 Å². The maximum Gasteiger partial charge on any atom is 0.253 e. The number of nitrogens with zero attached hydrogens (tertiary/aromatic N) is 1. The lowest BCUT2D eigenvalue weighted by atomic mass is 9.87. The molecule has 1 atom stereocenters. The minimum absolute atomic E-state index is 0. The van der Waals surface area contributed by atoms with E-state index < -0.39 is 6.10 Å². The van der Waals surface area contributed by atoms with E-state index in [0.717, 1.165) is 24.0 Å². The average Bonchev–Trinajstić information content (AvgIpc) is 2.67. The molecule has 1 aliphatic rings. The van der Waals surface area contributed by atoms with E-state index in [9.17, 15) is 14.3 Å². The van der Waals surface area contributed by atoms with Crippen LogP contribution in [0.1, 0.15) is 40.4 Å². The molecule has 0 aliphatic carbocycles. The molecule has 6 heteroatoms. The molecule has 3 N–H and O–H groups in total. The maximum absolute atomic E-state index is 13.0. The number of hydrogen-bond donors (Lipinski definition) is 2. The average molecular weight is 379 g/mol. The Morgan fingerprint density at radius 2 is 1.69 bits per heavy atom. The molecule has 1 aliphatic heterocycles. The summed E-state index contributed by atoms with van der Waals surface area (Å²) in [4.78, 5) is 14.4. The van der Waals surface area contributed by atoms with E-state index in [2.05, 4.69) is 0 Å². The number of hydrogen-bond acceptors (Lipinski definition) is 3. The van der Waals surface area contributed by atoms with E-state index >= 15 is 0 Å². The SMILES string of the molecule is Cl.NCc1ccc(C(=O)N2CCC(C(O)c3ccc(F)cc3)CC2)cc1. The van der Waals surface area contributed by atoms with Gasteiger partial charge in [-0.15, -0.1) is 12.4 Å². The van der Waals surface area contributed by atoms with Crippen LogP contribution in [0, 0.1) is 11.7 Å². The summed E-state index contributed by atoms with van der Waals surface area (Å²) in [7, 11) is 0. The highest BCUT2D eigenvalue weighted by Crippen LogP contribution is 2.31. The van der Waals surface area contributed by atoms with Gasteiger partial charge in [0.1, 0.15) is 5.82 Å². The molecule has 140 valence electrons. The van der Waals surface area contributed by atoms with E-state index in [1.165, 1.54) is 12.1 Å². The predicted octanol–water partition coefficient (Wildman–Crippen LogP) is 3.29. The van der Waals surface area contributed by atoms with Crippen LogP contribution in [0.25, 0.3) is 0 Å². The molecular weight excluding hydrogens is 355 g/mol. The Hall–Kier alpha value is -1.95. The van der Waals surface area contributed by atoms with Crippen molar-refractivity contribution in [2.24, 2.45) is 11.7 Å². The van der Waals surface area contributed by atoms with E-state index in [4.69, 9.17) is 5.73 Å². The highest BCUT2D eigenvalue weighted by molar-refractivity contribution is 5.94. The zero-order valence-corrected chi connectivity index (χ0v) is 15.3. The van der Waals surface area contributed by atoms with Crippen LogP contribution < -0.4 is 5.73 Å². The summed E-state index contributed by atoms with van der Waals surface area (Å²) in [5, 5.41) is 10.5. The predicted molar refractivity (Wildman–Crippen MR) is 102 cm³/mol. The van der Waals surface area contributed by atoms with Crippen LogP contribution in [0.4, 0.5) is 4.39 Å². The summed E-state index contributed by atoms with van der Waals surface area (Å²) >= 11 is 0. The Morgan fingerprint density at radius 1 is 1.12 bits per heavy atom. The number of amides is 1. The van der Waals surface area contributed by atoms with Gasteiger partial charge in [-0.2, -0.15) is 0 Å². The lowest BCUT2D eigenvalue weighted by Gasteiger charge is -2.34. The molecule has 1 heterocycles. The maximum atomic E-state index is 13.0. The summed E-state index contributed by atoms with van der Waals surface area (Å²) in [6.45, 7) is 1.68. The lowest BCUT2D eigenvalue weighted by Crippen LogP contribution is -2.39. The van der Waals surface area contributed by atoms with E-state index in [0.29, 0.717) is 25.2 Å². The van der Waals surface area contributed by atoms with Crippen LogP contribution in [-0.4, -0.2) is 29.0 Å². The van der Waals surface area contributed by atoms with Gasteiger partial charge in [0, 0.05) is 25.2 Å². The monoisotopic (exact) mass is 378 g/mol. The molecule has 26 heavy (non-hydrogen) atoms. The molecule has 1 amide bonds. The Balaban J connectivity index is 0.00000243. The molecule has 1 unspecified atom stereocenters. The first-order valence-corrected chi connectivity index (χ1v) is 8.60. The van der Waals surface area contributed by atoms with Crippen molar-refractivity contribution >= 4 is 18.3 Å². The second-order valence-electron chi connectivity index (χ2n) is 6.53. The Kier molecular flexibility index (Phi) is 7.14. The van der Waals surface area contributed by atoms with Crippen molar-refractivity contribution in [3.63, 3.8) is 0 Å². The topological polar surface area (TPSA) is 66.6 Å². The van der Waals surface area contributed by atoms with Crippen molar-refractivity contribution in [2.45, 2.75) is 25.5 Å². The quantitative estimate of drug-likeness (QED) is 0.857. The molecule has 0 aromatic heterocycles. The fraction of sp³-hybridized carbons (Fsp3) is 0.350. The summed E-state index contributed by atoms with van der Waals surface area (Å²) in [5.74, 6) is -0.218. The number of likely N-dealkylation sites (tertiary alicyclic amines) is 1. The van der Waals surface area contributed by atoms with Crippen molar-refractivity contribution in [1.29, 1.82) is 0 Å². The van der Waals surface area contributed by atoms with Gasteiger partial charge < -0.3 is 15.7 Å². The van der Waals surface area contributed by atoms with Crippen LogP contribution in [0.15, 0.2) is 48.5 Å². The number of piperidine rings is 1. The van der Waals surface area contributed by atoms with E-state index in [1.807, 2.05) is 29.2 Å². The van der Waals surface area contributed by atoms with Crippen molar-refractivity contribution < 1.29 is 14.3 Å². The highest BCUT2D eigenvalue weighted by atomic mass is 35.5. The van der Waals surface area contributed by atoms with Crippen LogP contribution in [0.3, 0.4) is 0 Å². The van der Waals surface area contributed by atoms with Crippen molar-refractivity contribution in [1.82, 2.24) is 4.90 Å². The molecular formula is C20H24ClFN2O2. The first kappa shape index (κ1) is 20.4. The van der Waals surface area contributed by atoms with Crippen LogP contribution in [-0.2, 0) is 6.54 Å². The lowest BCUT2D eigenvalue weighted by molar-refractivity contribution is 0.0462. The zero-order chi connectivity index (χ0) is 17.8. The third kappa shape index (κ3) is 4.61. The summed E-state index contributed by atoms with van der Waals surface area (Å²) in [6, 6.07) is 13.3. The molecule has 0 saturated carbocycles. The molecule has 4 nitrogen and oxygen atoms in total. The van der Waals surface area contributed by atoms with Gasteiger partial charge in [-0.1, -0.05) is 24.3 Å². The van der Waals surface area contributed by atoms with Crippen molar-refractivity contribution in [3.8, 4) is 0 Å². The number of halogens is 2. The van der Waals surface area contributed by atoms with Crippen molar-refractivity contribution in [2.75, 3.05) is 13.1 Å². The molecule has 2 aromatic rings. The molecule has 1 saturated heterocycles.